The van der Waals surface area contributed by atoms with E-state index in [9.17, 15) is 0 Å². The van der Waals surface area contributed by atoms with Gasteiger partial charge in [-0.1, -0.05) is 11.6 Å². The van der Waals surface area contributed by atoms with Crippen LogP contribution in [0, 0.1) is 10.5 Å². The monoisotopic (exact) mass is 431 g/mol. The first-order valence-corrected chi connectivity index (χ1v) is 8.45. The van der Waals surface area contributed by atoms with Crippen molar-refractivity contribution >= 4 is 57.0 Å². The molecule has 3 aromatic rings. The summed E-state index contributed by atoms with van der Waals surface area (Å²) in [7, 11) is 0. The molecule has 2 aromatic heterocycles. The summed E-state index contributed by atoms with van der Waals surface area (Å²) in [5, 5.41) is 0.681. The lowest BCUT2D eigenvalue weighted by Gasteiger charge is -2.10. The van der Waals surface area contributed by atoms with Crippen molar-refractivity contribution in [3.8, 4) is 5.69 Å². The molecule has 108 valence electrons. The van der Waals surface area contributed by atoms with E-state index < -0.39 is 0 Å². The Kier molecular flexibility index (Phi) is 4.38. The smallest absolute Gasteiger partial charge is 0.164 e. The van der Waals surface area contributed by atoms with Crippen molar-refractivity contribution in [2.24, 2.45) is 0 Å². The minimum atomic E-state index is 0.504. The van der Waals surface area contributed by atoms with E-state index >= 15 is 0 Å². The van der Waals surface area contributed by atoms with Gasteiger partial charge in [0, 0.05) is 21.6 Å². The van der Waals surface area contributed by atoms with Gasteiger partial charge in [-0.25, -0.2) is 9.97 Å². The van der Waals surface area contributed by atoms with E-state index in [0.717, 1.165) is 31.9 Å². The molecule has 0 saturated heterocycles. The van der Waals surface area contributed by atoms with Crippen LogP contribution in [0.4, 0.5) is 0 Å². The molecule has 3 rings (SSSR count). The molecular weight excluding hydrogens is 420 g/mol. The number of pyridine rings is 1. The maximum atomic E-state index is 6.42. The van der Waals surface area contributed by atoms with Crippen LogP contribution in [0.3, 0.4) is 0 Å². The Balaban J connectivity index is 2.32. The lowest BCUT2D eigenvalue weighted by Crippen LogP contribution is -2.04. The molecule has 0 amide bonds. The average molecular weight is 432 g/mol. The van der Waals surface area contributed by atoms with Gasteiger partial charge in [-0.15, -0.1) is 11.6 Å². The highest BCUT2D eigenvalue weighted by atomic mass is 127. The van der Waals surface area contributed by atoms with Crippen LogP contribution in [-0.2, 0) is 6.42 Å². The van der Waals surface area contributed by atoms with E-state index in [2.05, 4.69) is 32.6 Å². The fraction of sp³-hybridized carbons (Fsp3) is 0.200. The van der Waals surface area contributed by atoms with E-state index in [0.29, 0.717) is 17.3 Å². The predicted octanol–water partition coefficient (Wildman–Crippen LogP) is 4.77. The van der Waals surface area contributed by atoms with Crippen LogP contribution in [0.1, 0.15) is 11.5 Å². The van der Waals surface area contributed by atoms with Gasteiger partial charge in [0.1, 0.15) is 11.3 Å². The summed E-state index contributed by atoms with van der Waals surface area (Å²) in [6, 6.07) is 9.89. The Bertz CT molecular complexity index is 814. The normalized spacial score (nSPS) is 11.2. The van der Waals surface area contributed by atoms with Gasteiger partial charge in [0.2, 0.25) is 0 Å². The van der Waals surface area contributed by atoms with Gasteiger partial charge < -0.3 is 0 Å². The molecule has 0 unspecified atom stereocenters. The zero-order valence-electron chi connectivity index (χ0n) is 11.3. The molecule has 1 aromatic carbocycles. The molecule has 21 heavy (non-hydrogen) atoms. The highest BCUT2D eigenvalue weighted by Gasteiger charge is 2.15. The average Bonchev–Trinajstić information content (AvgIpc) is 2.77. The van der Waals surface area contributed by atoms with E-state index in [1.165, 1.54) is 0 Å². The van der Waals surface area contributed by atoms with Crippen LogP contribution in [0.25, 0.3) is 16.9 Å². The molecule has 0 radical (unpaired) electrons. The number of hydrogen-bond acceptors (Lipinski definition) is 2. The van der Waals surface area contributed by atoms with Crippen LogP contribution in [-0.4, -0.2) is 20.4 Å². The fourth-order valence-corrected chi connectivity index (χ4v) is 3.38. The first-order chi connectivity index (χ1) is 10.1. The molecule has 0 aliphatic heterocycles. The summed E-state index contributed by atoms with van der Waals surface area (Å²) in [5.74, 6) is 1.38. The van der Waals surface area contributed by atoms with Gasteiger partial charge in [-0.3, -0.25) is 4.57 Å². The summed E-state index contributed by atoms with van der Waals surface area (Å²) in [6.07, 6.45) is 0.666. The number of halogens is 3. The lowest BCUT2D eigenvalue weighted by atomic mass is 10.3. The second kappa shape index (κ2) is 6.10. The molecule has 3 nitrogen and oxygen atoms in total. The topological polar surface area (TPSA) is 30.7 Å². The van der Waals surface area contributed by atoms with Crippen molar-refractivity contribution in [3.63, 3.8) is 0 Å². The van der Waals surface area contributed by atoms with E-state index in [1.54, 1.807) is 0 Å². The molecule has 0 aliphatic carbocycles. The van der Waals surface area contributed by atoms with Gasteiger partial charge in [0.05, 0.1) is 10.7 Å². The van der Waals surface area contributed by atoms with Crippen LogP contribution in [0.5, 0.6) is 0 Å². The van der Waals surface area contributed by atoms with Gasteiger partial charge >= 0.3 is 0 Å². The van der Waals surface area contributed by atoms with Crippen LogP contribution < -0.4 is 0 Å². The van der Waals surface area contributed by atoms with Gasteiger partial charge in [0.15, 0.2) is 5.65 Å². The summed E-state index contributed by atoms with van der Waals surface area (Å²) >= 11 is 14.6. The number of aromatic nitrogens is 3. The molecule has 0 spiro atoms. The third-order valence-corrected chi connectivity index (χ3v) is 4.34. The molecular formula is C15H12Cl2IN3. The first kappa shape index (κ1) is 15.1. The van der Waals surface area contributed by atoms with Crippen molar-refractivity contribution in [1.29, 1.82) is 0 Å². The lowest BCUT2D eigenvalue weighted by molar-refractivity contribution is 0.904. The number of hydrogen-bond donors (Lipinski definition) is 0. The summed E-state index contributed by atoms with van der Waals surface area (Å²) < 4.78 is 3.09. The van der Waals surface area contributed by atoms with Crippen molar-refractivity contribution in [3.05, 3.63) is 50.4 Å². The number of benzene rings is 1. The Morgan fingerprint density at radius 1 is 1.19 bits per heavy atom. The number of alkyl halides is 1. The predicted molar refractivity (Wildman–Crippen MR) is 95.8 cm³/mol. The zero-order valence-corrected chi connectivity index (χ0v) is 14.9. The molecule has 0 N–H and O–H groups in total. The molecule has 0 saturated carbocycles. The van der Waals surface area contributed by atoms with E-state index in [-0.39, 0.29) is 0 Å². The zero-order chi connectivity index (χ0) is 15.0. The maximum absolute atomic E-state index is 6.42. The van der Waals surface area contributed by atoms with Gasteiger partial charge in [-0.05, 0) is 59.8 Å². The standard InChI is InChI=1S/C15H12Cl2IN3/c1-9-2-4-12-15(19-9)21(14(20-12)6-7-16)13-5-3-10(18)8-11(13)17/h2-5,8H,6-7H2,1H3. The quantitative estimate of drug-likeness (QED) is 0.441. The molecule has 0 atom stereocenters. The molecule has 0 aliphatic rings. The second-order valence-electron chi connectivity index (χ2n) is 4.69. The van der Waals surface area contributed by atoms with Crippen molar-refractivity contribution in [1.82, 2.24) is 14.5 Å². The Hall–Kier alpha value is -0.850. The van der Waals surface area contributed by atoms with Crippen molar-refractivity contribution in [2.45, 2.75) is 13.3 Å². The highest BCUT2D eigenvalue weighted by Crippen LogP contribution is 2.28. The Labute approximate surface area is 146 Å². The van der Waals surface area contributed by atoms with Crippen molar-refractivity contribution < 1.29 is 0 Å². The molecule has 6 heteroatoms. The minimum absolute atomic E-state index is 0.504. The third kappa shape index (κ3) is 2.89. The molecule has 0 fully saturated rings. The van der Waals surface area contributed by atoms with Gasteiger partial charge in [-0.2, -0.15) is 0 Å². The Morgan fingerprint density at radius 2 is 2.00 bits per heavy atom. The number of imidazole rings is 1. The summed E-state index contributed by atoms with van der Waals surface area (Å²) in [5.41, 5.74) is 3.51. The second-order valence-corrected chi connectivity index (χ2v) is 6.72. The van der Waals surface area contributed by atoms with Crippen molar-refractivity contribution in [2.75, 3.05) is 5.88 Å². The number of fused-ring (bicyclic) bond motifs is 1. The van der Waals surface area contributed by atoms with E-state index in [1.807, 2.05) is 41.8 Å². The summed E-state index contributed by atoms with van der Waals surface area (Å²) in [6.45, 7) is 1.97. The van der Waals surface area contributed by atoms with Crippen LogP contribution in [0.2, 0.25) is 5.02 Å². The Morgan fingerprint density at radius 3 is 2.71 bits per heavy atom. The largest absolute Gasteiger partial charge is 0.279 e. The van der Waals surface area contributed by atoms with Crippen LogP contribution >= 0.6 is 45.8 Å². The number of aryl methyl sites for hydroxylation is 2. The van der Waals surface area contributed by atoms with E-state index in [4.69, 9.17) is 23.2 Å². The number of nitrogens with zero attached hydrogens (tertiary/aromatic N) is 3. The highest BCUT2D eigenvalue weighted by molar-refractivity contribution is 14.1. The first-order valence-electron chi connectivity index (χ1n) is 6.46. The molecule has 0 bridgehead atoms. The number of rotatable bonds is 3. The summed E-state index contributed by atoms with van der Waals surface area (Å²) in [4.78, 5) is 9.25. The minimum Gasteiger partial charge on any atom is -0.279 e. The molecule has 2 heterocycles. The SMILES string of the molecule is Cc1ccc2nc(CCCl)n(-c3ccc(I)cc3Cl)c2n1. The maximum Gasteiger partial charge on any atom is 0.164 e. The fourth-order valence-electron chi connectivity index (χ4n) is 2.27. The van der Waals surface area contributed by atoms with Crippen LogP contribution in [0.15, 0.2) is 30.3 Å². The third-order valence-electron chi connectivity index (χ3n) is 3.18. The van der Waals surface area contributed by atoms with Gasteiger partial charge in [0.25, 0.3) is 0 Å².